The fourth-order valence-electron chi connectivity index (χ4n) is 10.7. The zero-order valence-corrected chi connectivity index (χ0v) is 42.8. The van der Waals surface area contributed by atoms with Crippen molar-refractivity contribution in [2.24, 2.45) is 0 Å². The average Bonchev–Trinajstić information content (AvgIpc) is 3.87. The van der Waals surface area contributed by atoms with Crippen molar-refractivity contribution >= 4 is 88.6 Å². The standard InChI is InChI=1S/C62H50N4O7P2/c1-39(41-19-5-3-6-20-41)63-59(69)47-27-13-15-29-49(47)61-65-55(67)37-38-56(68)66(65)62(50-30-16-14-28-48(50)60(70)64-40(2)42-21-7-4-8-22-42)74(61)54-32-18-17-31-51(54)71-75-72-52-35-33-43-23-9-11-25-45(43)57(52)58-46-26-12-10-24-44(46)34-36-53(58)73-75/h3-36,39-40,61-62H,37-38H2,1-2H3,(H,63,69)(H,64,70)/t39-,40-,61+,62+/m0/s1. The number of nitrogens with zero attached hydrogens (tertiary/aromatic N) is 2. The molecule has 0 radical (unpaired) electrons. The largest absolute Gasteiger partial charge is 0.453 e. The molecule has 0 saturated carbocycles. The van der Waals surface area contributed by atoms with Crippen LogP contribution >= 0.6 is 16.2 Å². The maximum Gasteiger partial charge on any atom is 0.453 e. The molecule has 2 N–H and O–H groups in total. The molecule has 0 unspecified atom stereocenters. The topological polar surface area (TPSA) is 134 Å². The van der Waals surface area contributed by atoms with Crippen molar-refractivity contribution in [1.82, 2.24) is 20.7 Å². The molecule has 10 aromatic rings. The third kappa shape index (κ3) is 8.78. The van der Waals surface area contributed by atoms with Gasteiger partial charge in [0.05, 0.1) is 12.1 Å². The highest BCUT2D eigenvalue weighted by molar-refractivity contribution is 7.66. The number of hydrogen-bond acceptors (Lipinski definition) is 7. The molecular formula is C62H50N4O7P2. The smallest absolute Gasteiger partial charge is 0.390 e. The summed E-state index contributed by atoms with van der Waals surface area (Å²) in [5.74, 6) is -2.66. The molecule has 4 amide bonds. The molecule has 9 aromatic carbocycles. The highest BCUT2D eigenvalue weighted by Crippen LogP contribution is 2.71. The molecule has 0 spiro atoms. The summed E-state index contributed by atoms with van der Waals surface area (Å²) in [6, 6.07) is 65.2. The van der Waals surface area contributed by atoms with Crippen LogP contribution in [0.25, 0.3) is 43.5 Å². The maximum absolute atomic E-state index is 14.9. The van der Waals surface area contributed by atoms with Gasteiger partial charge in [-0.05, 0) is 95.9 Å². The van der Waals surface area contributed by atoms with Gasteiger partial charge in [-0.15, -0.1) is 0 Å². The summed E-state index contributed by atoms with van der Waals surface area (Å²) in [4.78, 5) is 59.4. The predicted octanol–water partition coefficient (Wildman–Crippen LogP) is 14.3. The van der Waals surface area contributed by atoms with Crippen molar-refractivity contribution in [2.45, 2.75) is 50.3 Å². The Bertz CT molecular complexity index is 3680. The summed E-state index contributed by atoms with van der Waals surface area (Å²) in [6.07, 6.45) is -0.0731. The third-order valence-electron chi connectivity index (χ3n) is 14.2. The van der Waals surface area contributed by atoms with E-state index in [9.17, 15) is 19.2 Å². The number of amides is 4. The summed E-state index contributed by atoms with van der Waals surface area (Å²) >= 11 is 0. The number of carbonyl (C=O) groups excluding carboxylic acids is 4. The Kier molecular flexibility index (Phi) is 12.7. The first-order chi connectivity index (χ1) is 36.7. The molecule has 4 atom stereocenters. The lowest BCUT2D eigenvalue weighted by atomic mass is 9.99. The molecule has 11 nitrogen and oxygen atoms in total. The Hall–Kier alpha value is -8.49. The van der Waals surface area contributed by atoms with Gasteiger partial charge in [-0.2, -0.15) is 0 Å². The minimum Gasteiger partial charge on any atom is -0.390 e. The Balaban J connectivity index is 1.06. The lowest BCUT2D eigenvalue weighted by Gasteiger charge is -2.38. The Morgan fingerprint density at radius 3 is 1.41 bits per heavy atom. The molecule has 2 aliphatic rings. The first-order valence-electron chi connectivity index (χ1n) is 25.0. The summed E-state index contributed by atoms with van der Waals surface area (Å²) in [5, 5.41) is 16.0. The lowest BCUT2D eigenvalue weighted by molar-refractivity contribution is -0.171. The summed E-state index contributed by atoms with van der Waals surface area (Å²) in [5.41, 5.74) is 4.80. The van der Waals surface area contributed by atoms with Gasteiger partial charge in [0.1, 0.15) is 28.5 Å². The molecule has 3 heterocycles. The van der Waals surface area contributed by atoms with Crippen LogP contribution in [0.4, 0.5) is 0 Å². The molecular weight excluding hydrogens is 975 g/mol. The van der Waals surface area contributed by atoms with Crippen molar-refractivity contribution < 1.29 is 32.1 Å². The molecule has 0 aliphatic carbocycles. The zero-order chi connectivity index (χ0) is 51.2. The van der Waals surface area contributed by atoms with Gasteiger partial charge in [0, 0.05) is 40.0 Å². The quantitative estimate of drug-likeness (QED) is 0.123. The fraction of sp³-hybridized carbons (Fsp3) is 0.129. The molecule has 13 heteroatoms. The van der Waals surface area contributed by atoms with Crippen molar-refractivity contribution in [3.05, 3.63) is 240 Å². The van der Waals surface area contributed by atoms with Gasteiger partial charge in [-0.3, -0.25) is 19.2 Å². The second kappa shape index (κ2) is 20.1. The van der Waals surface area contributed by atoms with E-state index in [0.29, 0.717) is 44.5 Å². The number of benzene rings is 9. The SMILES string of the molecule is C[C@H](NC(=O)c1ccccc1[C@@H]1N2C(=O)CCC(=O)N2[C@@H](c2ccccc2C(=O)N[C@@H](C)c2ccccc2)P1c1ccccc1Op1oc2ccc3ccccc3c2c2c(ccc3ccccc32)o1)c1ccccc1. The number of para-hydroxylation sites is 1. The third-order valence-corrected chi connectivity index (χ3v) is 18.3. The van der Waals surface area contributed by atoms with Gasteiger partial charge in [0.15, 0.2) is 0 Å². The average molecular weight is 1030 g/mol. The summed E-state index contributed by atoms with van der Waals surface area (Å²) in [7, 11) is -4.15. The van der Waals surface area contributed by atoms with Gasteiger partial charge >= 0.3 is 8.24 Å². The van der Waals surface area contributed by atoms with Gasteiger partial charge in [0.2, 0.25) is 11.8 Å². The predicted molar refractivity (Wildman–Crippen MR) is 296 cm³/mol. The Labute approximate surface area is 435 Å². The molecule has 75 heavy (non-hydrogen) atoms. The van der Waals surface area contributed by atoms with E-state index < -0.39 is 27.7 Å². The van der Waals surface area contributed by atoms with E-state index in [-0.39, 0.29) is 48.6 Å². The van der Waals surface area contributed by atoms with Crippen LogP contribution in [-0.2, 0) is 9.59 Å². The zero-order valence-electron chi connectivity index (χ0n) is 41.0. The number of nitrogens with one attached hydrogen (secondary N) is 2. The van der Waals surface area contributed by atoms with E-state index >= 15 is 0 Å². The number of hydrogen-bond donors (Lipinski definition) is 2. The highest BCUT2D eigenvalue weighted by Gasteiger charge is 2.57. The van der Waals surface area contributed by atoms with Gasteiger partial charge < -0.3 is 23.6 Å². The molecule has 12 rings (SSSR count). The first-order valence-corrected chi connectivity index (χ1v) is 27.6. The van der Waals surface area contributed by atoms with Crippen LogP contribution in [0.3, 0.4) is 0 Å². The van der Waals surface area contributed by atoms with Crippen molar-refractivity contribution in [3.8, 4) is 5.75 Å². The molecule has 0 bridgehead atoms. The normalized spacial score (nSPS) is 16.5. The second-order valence-electron chi connectivity index (χ2n) is 18.8. The van der Waals surface area contributed by atoms with E-state index in [2.05, 4.69) is 34.9 Å². The van der Waals surface area contributed by atoms with Gasteiger partial charge in [-0.25, -0.2) is 10.0 Å². The van der Waals surface area contributed by atoms with E-state index in [1.54, 1.807) is 34.3 Å². The summed E-state index contributed by atoms with van der Waals surface area (Å²) in [6.45, 7) is 3.86. The van der Waals surface area contributed by atoms with E-state index in [0.717, 1.165) is 43.4 Å². The van der Waals surface area contributed by atoms with Crippen molar-refractivity contribution in [2.75, 3.05) is 0 Å². The molecule has 2 aliphatic heterocycles. The minimum absolute atomic E-state index is 0.0365. The summed E-state index contributed by atoms with van der Waals surface area (Å²) < 4.78 is 20.9. The van der Waals surface area contributed by atoms with Crippen LogP contribution in [0.5, 0.6) is 5.75 Å². The van der Waals surface area contributed by atoms with Crippen LogP contribution in [0.1, 0.15) is 93.3 Å². The van der Waals surface area contributed by atoms with Crippen molar-refractivity contribution in [1.29, 1.82) is 0 Å². The molecule has 370 valence electrons. The van der Waals surface area contributed by atoms with Crippen LogP contribution in [0.15, 0.2) is 215 Å². The number of carbonyl (C=O) groups is 4. The van der Waals surface area contributed by atoms with Gasteiger partial charge in [-0.1, -0.05) is 176 Å². The van der Waals surface area contributed by atoms with Crippen molar-refractivity contribution in [3.63, 3.8) is 0 Å². The van der Waals surface area contributed by atoms with E-state index in [4.69, 9.17) is 12.9 Å². The second-order valence-corrected chi connectivity index (χ2v) is 22.1. The Morgan fingerprint density at radius 1 is 0.507 bits per heavy atom. The first kappa shape index (κ1) is 47.5. The van der Waals surface area contributed by atoms with Crippen LogP contribution < -0.4 is 20.5 Å². The van der Waals surface area contributed by atoms with Crippen LogP contribution in [0, 0.1) is 0 Å². The van der Waals surface area contributed by atoms with E-state index in [1.165, 1.54) is 0 Å². The minimum atomic E-state index is -2.24. The fourth-order valence-corrected chi connectivity index (χ4v) is 15.2. The molecule has 2 saturated heterocycles. The van der Waals surface area contributed by atoms with Gasteiger partial charge in [0.25, 0.3) is 11.8 Å². The lowest BCUT2D eigenvalue weighted by Crippen LogP contribution is -2.50. The monoisotopic (exact) mass is 1020 g/mol. The highest BCUT2D eigenvalue weighted by atomic mass is 31.1. The Morgan fingerprint density at radius 2 is 0.920 bits per heavy atom. The number of hydrazine groups is 1. The van der Waals surface area contributed by atoms with Crippen LogP contribution in [-0.4, -0.2) is 33.6 Å². The van der Waals surface area contributed by atoms with E-state index in [1.807, 2.05) is 172 Å². The maximum atomic E-state index is 14.9. The molecule has 1 aromatic heterocycles. The van der Waals surface area contributed by atoms with Crippen LogP contribution in [0.2, 0.25) is 0 Å². The molecule has 2 fully saturated rings. The number of fused-ring (bicyclic) bond motifs is 8. The number of rotatable bonds is 11.